The third-order valence-electron chi connectivity index (χ3n) is 3.35. The molecule has 0 spiro atoms. The lowest BCUT2D eigenvalue weighted by Gasteiger charge is -2.00. The Balaban J connectivity index is 1.59. The van der Waals surface area contributed by atoms with E-state index in [0.29, 0.717) is 27.5 Å². The van der Waals surface area contributed by atoms with Crippen molar-refractivity contribution in [3.63, 3.8) is 0 Å². The zero-order chi connectivity index (χ0) is 13.7. The number of thiophene rings is 1. The molecule has 0 atom stereocenters. The second-order valence-corrected chi connectivity index (χ2v) is 8.12. The molecule has 0 unspecified atom stereocenters. The van der Waals surface area contributed by atoms with Crippen LogP contribution in [0.2, 0.25) is 0 Å². The molecule has 6 nitrogen and oxygen atoms in total. The number of hydrogen-bond acceptors (Lipinski definition) is 6. The van der Waals surface area contributed by atoms with Crippen molar-refractivity contribution in [3.8, 4) is 11.5 Å². The molecule has 0 radical (unpaired) electrons. The molecule has 4 rings (SSSR count). The van der Waals surface area contributed by atoms with Crippen LogP contribution in [0.4, 0.5) is 0 Å². The van der Waals surface area contributed by atoms with E-state index in [0.717, 1.165) is 25.7 Å². The largest absolute Gasteiger partial charge is 0.420 e. The van der Waals surface area contributed by atoms with Gasteiger partial charge in [0.1, 0.15) is 4.21 Å². The molecule has 2 saturated carbocycles. The predicted molar refractivity (Wildman–Crippen MR) is 72.9 cm³/mol. The van der Waals surface area contributed by atoms with Gasteiger partial charge in [-0.1, -0.05) is 0 Å². The van der Waals surface area contributed by atoms with E-state index < -0.39 is 10.0 Å². The zero-order valence-electron chi connectivity index (χ0n) is 10.6. The van der Waals surface area contributed by atoms with Crippen LogP contribution in [0.1, 0.15) is 37.5 Å². The first-order valence-electron chi connectivity index (χ1n) is 6.56. The lowest BCUT2D eigenvalue weighted by molar-refractivity contribution is 0.508. The summed E-state index contributed by atoms with van der Waals surface area (Å²) in [5.41, 5.74) is 0.672. The lowest BCUT2D eigenvalue weighted by atomic mass is 10.3. The zero-order valence-corrected chi connectivity index (χ0v) is 12.2. The van der Waals surface area contributed by atoms with Crippen molar-refractivity contribution in [2.75, 3.05) is 0 Å². The van der Waals surface area contributed by atoms with Crippen molar-refractivity contribution in [3.05, 3.63) is 17.3 Å². The smallest absolute Gasteiger partial charge is 0.250 e. The minimum atomic E-state index is -3.40. The molecule has 2 heterocycles. The number of rotatable bonds is 5. The van der Waals surface area contributed by atoms with E-state index in [-0.39, 0.29) is 6.04 Å². The monoisotopic (exact) mass is 311 g/mol. The van der Waals surface area contributed by atoms with Crippen molar-refractivity contribution >= 4 is 21.4 Å². The van der Waals surface area contributed by atoms with E-state index in [1.54, 1.807) is 11.4 Å². The summed E-state index contributed by atoms with van der Waals surface area (Å²) in [5, 5.41) is 9.74. The van der Waals surface area contributed by atoms with Crippen LogP contribution in [0.25, 0.3) is 11.5 Å². The maximum absolute atomic E-state index is 12.1. The molecule has 0 saturated heterocycles. The quantitative estimate of drug-likeness (QED) is 0.914. The first kappa shape index (κ1) is 12.5. The maximum Gasteiger partial charge on any atom is 0.250 e. The van der Waals surface area contributed by atoms with Crippen molar-refractivity contribution in [1.82, 2.24) is 14.9 Å². The van der Waals surface area contributed by atoms with Crippen LogP contribution in [0.15, 0.2) is 20.1 Å². The number of aromatic nitrogens is 2. The van der Waals surface area contributed by atoms with Gasteiger partial charge in [0.2, 0.25) is 21.8 Å². The predicted octanol–water partition coefficient (Wildman–Crippen LogP) is 2.12. The van der Waals surface area contributed by atoms with E-state index in [1.165, 1.54) is 11.3 Å². The van der Waals surface area contributed by atoms with E-state index in [2.05, 4.69) is 14.9 Å². The Hall–Kier alpha value is -1.25. The average molecular weight is 311 g/mol. The molecule has 2 aromatic rings. The topological polar surface area (TPSA) is 85.1 Å². The highest BCUT2D eigenvalue weighted by atomic mass is 32.2. The van der Waals surface area contributed by atoms with E-state index >= 15 is 0 Å². The molecule has 0 aromatic carbocycles. The van der Waals surface area contributed by atoms with Crippen molar-refractivity contribution in [2.45, 2.75) is 41.9 Å². The summed E-state index contributed by atoms with van der Waals surface area (Å²) in [6, 6.07) is 1.70. The standard InChI is InChI=1S/C12H13N3O3S2/c16-20(17,15-9-3-4-9)10-5-8(6-19-10)12-14-13-11(18-12)7-1-2-7/h5-7,9,15H,1-4H2. The van der Waals surface area contributed by atoms with Gasteiger partial charge in [-0.3, -0.25) is 0 Å². The fourth-order valence-electron chi connectivity index (χ4n) is 1.89. The van der Waals surface area contributed by atoms with Crippen LogP contribution in [-0.2, 0) is 10.0 Å². The molecule has 2 aliphatic carbocycles. The highest BCUT2D eigenvalue weighted by Gasteiger charge is 2.31. The van der Waals surface area contributed by atoms with Crippen LogP contribution in [0, 0.1) is 0 Å². The Morgan fingerprint density at radius 3 is 2.75 bits per heavy atom. The maximum atomic E-state index is 12.1. The highest BCUT2D eigenvalue weighted by molar-refractivity contribution is 7.91. The third-order valence-corrected chi connectivity index (χ3v) is 6.31. The van der Waals surface area contributed by atoms with Crippen molar-refractivity contribution in [1.29, 1.82) is 0 Å². The normalized spacial score (nSPS) is 19.4. The van der Waals surface area contributed by atoms with Crippen LogP contribution in [-0.4, -0.2) is 24.7 Å². The molecule has 106 valence electrons. The molecular weight excluding hydrogens is 298 g/mol. The molecule has 0 bridgehead atoms. The second kappa shape index (κ2) is 4.37. The summed E-state index contributed by atoms with van der Waals surface area (Å²) in [6.07, 6.45) is 4.03. The van der Waals surface area contributed by atoms with Gasteiger partial charge in [0, 0.05) is 17.3 Å². The van der Waals surface area contributed by atoms with Gasteiger partial charge in [0.05, 0.1) is 5.56 Å². The third kappa shape index (κ3) is 2.38. The van der Waals surface area contributed by atoms with Crippen molar-refractivity contribution in [2.24, 2.45) is 0 Å². The second-order valence-electron chi connectivity index (χ2n) is 5.27. The van der Waals surface area contributed by atoms with Gasteiger partial charge in [-0.15, -0.1) is 21.5 Å². The summed E-state index contributed by atoms with van der Waals surface area (Å²) < 4.78 is 32.7. The molecule has 0 aliphatic heterocycles. The molecule has 2 fully saturated rings. The Morgan fingerprint density at radius 1 is 1.25 bits per heavy atom. The number of nitrogens with one attached hydrogen (secondary N) is 1. The van der Waals surface area contributed by atoms with E-state index in [1.807, 2.05) is 0 Å². The van der Waals surface area contributed by atoms with Gasteiger partial charge in [-0.05, 0) is 31.7 Å². The summed E-state index contributed by atoms with van der Waals surface area (Å²) in [6.45, 7) is 0. The van der Waals surface area contributed by atoms with Gasteiger partial charge >= 0.3 is 0 Å². The number of sulfonamides is 1. The van der Waals surface area contributed by atoms with E-state index in [4.69, 9.17) is 4.42 Å². The summed E-state index contributed by atoms with van der Waals surface area (Å²) in [5.74, 6) is 1.46. The van der Waals surface area contributed by atoms with E-state index in [9.17, 15) is 8.42 Å². The van der Waals surface area contributed by atoms with Gasteiger partial charge < -0.3 is 4.42 Å². The highest BCUT2D eigenvalue weighted by Crippen LogP contribution is 2.40. The first-order valence-corrected chi connectivity index (χ1v) is 8.93. The van der Waals surface area contributed by atoms with Gasteiger partial charge in [-0.25, -0.2) is 13.1 Å². The minimum absolute atomic E-state index is 0.107. The Kier molecular flexibility index (Phi) is 2.73. The number of hydrogen-bond donors (Lipinski definition) is 1. The SMILES string of the molecule is O=S(=O)(NC1CC1)c1cc(-c2nnc(C3CC3)o2)cs1. The molecule has 2 aliphatic rings. The molecule has 1 N–H and O–H groups in total. The average Bonchev–Trinajstić information content (AvgIpc) is 3.31. The van der Waals surface area contributed by atoms with Gasteiger partial charge in [-0.2, -0.15) is 0 Å². The summed E-state index contributed by atoms with van der Waals surface area (Å²) in [4.78, 5) is 0. The Morgan fingerprint density at radius 2 is 2.05 bits per heavy atom. The summed E-state index contributed by atoms with van der Waals surface area (Å²) in [7, 11) is -3.40. The molecular formula is C12H13N3O3S2. The first-order chi connectivity index (χ1) is 9.62. The van der Waals surface area contributed by atoms with Crippen LogP contribution >= 0.6 is 11.3 Å². The van der Waals surface area contributed by atoms with Gasteiger partial charge in [0.25, 0.3) is 0 Å². The van der Waals surface area contributed by atoms with Crippen LogP contribution in [0.3, 0.4) is 0 Å². The van der Waals surface area contributed by atoms with Crippen LogP contribution in [0.5, 0.6) is 0 Å². The molecule has 0 amide bonds. The Labute approximate surface area is 120 Å². The molecule has 20 heavy (non-hydrogen) atoms. The minimum Gasteiger partial charge on any atom is -0.420 e. The summed E-state index contributed by atoms with van der Waals surface area (Å²) >= 11 is 1.18. The van der Waals surface area contributed by atoms with Crippen molar-refractivity contribution < 1.29 is 12.8 Å². The van der Waals surface area contributed by atoms with Gasteiger partial charge in [0.15, 0.2) is 0 Å². The van der Waals surface area contributed by atoms with Crippen LogP contribution < -0.4 is 4.72 Å². The fraction of sp³-hybridized carbons (Fsp3) is 0.500. The molecule has 8 heteroatoms. The number of nitrogens with zero attached hydrogens (tertiary/aromatic N) is 2. The fourth-order valence-corrected chi connectivity index (χ4v) is 4.37. The Bertz CT molecular complexity index is 742. The lowest BCUT2D eigenvalue weighted by Crippen LogP contribution is -2.24. The molecule has 2 aromatic heterocycles.